The van der Waals surface area contributed by atoms with Crippen LogP contribution in [-0.2, 0) is 6.61 Å². The van der Waals surface area contributed by atoms with Crippen molar-refractivity contribution in [3.8, 4) is 28.8 Å². The van der Waals surface area contributed by atoms with Crippen LogP contribution in [0.5, 0.6) is 11.5 Å². The molecular formula is C32H30N2O2S. The predicted molar refractivity (Wildman–Crippen MR) is 151 cm³/mol. The molecule has 4 nitrogen and oxygen atoms in total. The standard InChI is InChI=1S/C32H30N2O2S/c1-35-31-19-23(12-13-27(31)21-36-29-10-6-3-7-11-29)18-28(20-33)32-34-30(22-37-32)26-16-14-25(15-17-26)24-8-4-2-5-9-24/h3,6-7,10-19,22,24H,2,4-5,8-9,21H2,1H3/b28-18+. The van der Waals surface area contributed by atoms with Crippen molar-refractivity contribution >= 4 is 23.0 Å². The maximum absolute atomic E-state index is 9.89. The molecule has 1 aromatic heterocycles. The molecule has 4 aromatic rings. The van der Waals surface area contributed by atoms with Crippen molar-refractivity contribution in [3.05, 3.63) is 99.9 Å². The van der Waals surface area contributed by atoms with Crippen LogP contribution in [0.1, 0.15) is 59.7 Å². The van der Waals surface area contributed by atoms with Gasteiger partial charge in [-0.25, -0.2) is 4.98 Å². The first-order valence-electron chi connectivity index (χ1n) is 12.8. The Kier molecular flexibility index (Phi) is 7.98. The van der Waals surface area contributed by atoms with Gasteiger partial charge in [-0.1, -0.05) is 73.9 Å². The first kappa shape index (κ1) is 24.8. The van der Waals surface area contributed by atoms with Crippen molar-refractivity contribution < 1.29 is 9.47 Å². The molecule has 3 aromatic carbocycles. The molecule has 0 aliphatic heterocycles. The van der Waals surface area contributed by atoms with Gasteiger partial charge in [0.25, 0.3) is 0 Å². The highest BCUT2D eigenvalue weighted by molar-refractivity contribution is 7.11. The Morgan fingerprint density at radius 2 is 1.81 bits per heavy atom. The topological polar surface area (TPSA) is 55.1 Å². The first-order chi connectivity index (χ1) is 18.2. The van der Waals surface area contributed by atoms with Crippen LogP contribution in [0.4, 0.5) is 0 Å². The average molecular weight is 507 g/mol. The van der Waals surface area contributed by atoms with E-state index < -0.39 is 0 Å². The molecule has 0 spiro atoms. The van der Waals surface area contributed by atoms with Crippen molar-refractivity contribution in [2.24, 2.45) is 0 Å². The summed E-state index contributed by atoms with van der Waals surface area (Å²) in [7, 11) is 1.65. The predicted octanol–water partition coefficient (Wildman–Crippen LogP) is 8.51. The van der Waals surface area contributed by atoms with Crippen LogP contribution >= 0.6 is 11.3 Å². The van der Waals surface area contributed by atoms with Gasteiger partial charge in [-0.3, -0.25) is 0 Å². The van der Waals surface area contributed by atoms with Gasteiger partial charge in [0.2, 0.25) is 0 Å². The number of benzene rings is 3. The minimum absolute atomic E-state index is 0.400. The number of para-hydroxylation sites is 1. The number of methoxy groups -OCH3 is 1. The lowest BCUT2D eigenvalue weighted by Crippen LogP contribution is -2.04. The van der Waals surface area contributed by atoms with Crippen molar-refractivity contribution in [2.45, 2.75) is 44.6 Å². The highest BCUT2D eigenvalue weighted by Gasteiger charge is 2.16. The quantitative estimate of drug-likeness (QED) is 0.225. The fourth-order valence-electron chi connectivity index (χ4n) is 4.85. The third kappa shape index (κ3) is 6.10. The Bertz CT molecular complexity index is 1390. The van der Waals surface area contributed by atoms with Crippen LogP contribution in [0.2, 0.25) is 0 Å². The van der Waals surface area contributed by atoms with Crippen LogP contribution in [0.15, 0.2) is 78.2 Å². The van der Waals surface area contributed by atoms with E-state index in [4.69, 9.17) is 14.5 Å². The molecule has 0 amide bonds. The summed E-state index contributed by atoms with van der Waals surface area (Å²) in [6, 6.07) is 26.7. The van der Waals surface area contributed by atoms with E-state index in [2.05, 4.69) is 30.3 Å². The fraction of sp³-hybridized carbons (Fsp3) is 0.250. The number of ether oxygens (including phenoxy) is 2. The molecule has 1 heterocycles. The summed E-state index contributed by atoms with van der Waals surface area (Å²) in [6.07, 6.45) is 8.48. The Morgan fingerprint density at radius 1 is 1.03 bits per heavy atom. The van der Waals surface area contributed by atoms with Crippen molar-refractivity contribution in [1.29, 1.82) is 5.26 Å². The highest BCUT2D eigenvalue weighted by atomic mass is 32.1. The zero-order valence-corrected chi connectivity index (χ0v) is 21.8. The minimum atomic E-state index is 0.400. The Morgan fingerprint density at radius 3 is 2.54 bits per heavy atom. The summed E-state index contributed by atoms with van der Waals surface area (Å²) in [5.41, 5.74) is 5.78. The average Bonchev–Trinajstić information content (AvgIpc) is 3.46. The molecule has 1 saturated carbocycles. The van der Waals surface area contributed by atoms with Crippen molar-refractivity contribution in [2.75, 3.05) is 7.11 Å². The number of thiazole rings is 1. The second kappa shape index (κ2) is 11.9. The number of aromatic nitrogens is 1. The number of nitrogens with zero attached hydrogens (tertiary/aromatic N) is 2. The molecule has 5 rings (SSSR count). The van der Waals surface area contributed by atoms with Gasteiger partial charge in [0.05, 0.1) is 18.4 Å². The maximum atomic E-state index is 9.89. The summed E-state index contributed by atoms with van der Waals surface area (Å²) in [5.74, 6) is 2.22. The highest BCUT2D eigenvalue weighted by Crippen LogP contribution is 2.34. The molecule has 0 N–H and O–H groups in total. The smallest absolute Gasteiger partial charge is 0.134 e. The van der Waals surface area contributed by atoms with E-state index in [9.17, 15) is 5.26 Å². The zero-order valence-electron chi connectivity index (χ0n) is 21.0. The summed E-state index contributed by atoms with van der Waals surface area (Å²) >= 11 is 1.49. The molecule has 0 unspecified atom stereocenters. The molecule has 186 valence electrons. The van der Waals surface area contributed by atoms with Gasteiger partial charge in [0.15, 0.2) is 0 Å². The van der Waals surface area contributed by atoms with Gasteiger partial charge in [-0.2, -0.15) is 5.26 Å². The van der Waals surface area contributed by atoms with Gasteiger partial charge >= 0.3 is 0 Å². The molecule has 1 aliphatic carbocycles. The zero-order chi connectivity index (χ0) is 25.5. The number of rotatable bonds is 8. The SMILES string of the molecule is COc1cc(/C=C(\C#N)c2nc(-c3ccc(C4CCCCC4)cc3)cs2)ccc1COc1ccccc1. The van der Waals surface area contributed by atoms with Crippen molar-refractivity contribution in [3.63, 3.8) is 0 Å². The van der Waals surface area contributed by atoms with Gasteiger partial charge in [0, 0.05) is 16.5 Å². The molecule has 0 saturated heterocycles. The molecule has 1 aliphatic rings. The molecule has 0 bridgehead atoms. The Labute approximate surface area is 222 Å². The minimum Gasteiger partial charge on any atom is -0.496 e. The van der Waals surface area contributed by atoms with Gasteiger partial charge in [0.1, 0.15) is 29.2 Å². The second-order valence-electron chi connectivity index (χ2n) is 9.34. The molecule has 0 radical (unpaired) electrons. The van der Waals surface area contributed by atoms with E-state index in [1.165, 1.54) is 49.0 Å². The summed E-state index contributed by atoms with van der Waals surface area (Å²) < 4.78 is 11.5. The van der Waals surface area contributed by atoms with Crippen LogP contribution in [0.25, 0.3) is 22.9 Å². The number of hydrogen-bond donors (Lipinski definition) is 0. The number of hydrogen-bond acceptors (Lipinski definition) is 5. The van der Waals surface area contributed by atoms with E-state index in [0.29, 0.717) is 23.1 Å². The van der Waals surface area contributed by atoms with Crippen LogP contribution < -0.4 is 9.47 Å². The van der Waals surface area contributed by atoms with Gasteiger partial charge < -0.3 is 9.47 Å². The van der Waals surface area contributed by atoms with Crippen molar-refractivity contribution in [1.82, 2.24) is 4.98 Å². The largest absolute Gasteiger partial charge is 0.496 e. The lowest BCUT2D eigenvalue weighted by molar-refractivity contribution is 0.296. The van der Waals surface area contributed by atoms with Crippen LogP contribution in [-0.4, -0.2) is 12.1 Å². The maximum Gasteiger partial charge on any atom is 0.134 e. The molecule has 5 heteroatoms. The lowest BCUT2D eigenvalue weighted by Gasteiger charge is -2.22. The Balaban J connectivity index is 1.31. The normalized spacial score (nSPS) is 14.2. The number of nitriles is 1. The van der Waals surface area contributed by atoms with E-state index >= 15 is 0 Å². The van der Waals surface area contributed by atoms with E-state index in [1.54, 1.807) is 7.11 Å². The number of allylic oxidation sites excluding steroid dienone is 1. The third-order valence-electron chi connectivity index (χ3n) is 6.90. The fourth-order valence-corrected chi connectivity index (χ4v) is 5.64. The van der Waals surface area contributed by atoms with E-state index in [1.807, 2.05) is 60.0 Å². The third-order valence-corrected chi connectivity index (χ3v) is 7.77. The van der Waals surface area contributed by atoms with Gasteiger partial charge in [-0.05, 0) is 54.2 Å². The lowest BCUT2D eigenvalue weighted by atomic mass is 9.84. The summed E-state index contributed by atoms with van der Waals surface area (Å²) in [5, 5.41) is 12.6. The molecule has 37 heavy (non-hydrogen) atoms. The first-order valence-corrected chi connectivity index (χ1v) is 13.6. The molecule has 1 fully saturated rings. The van der Waals surface area contributed by atoms with Gasteiger partial charge in [-0.15, -0.1) is 11.3 Å². The van der Waals surface area contributed by atoms with Crippen LogP contribution in [0.3, 0.4) is 0 Å². The van der Waals surface area contributed by atoms with E-state index in [0.717, 1.165) is 33.9 Å². The van der Waals surface area contributed by atoms with Crippen LogP contribution in [0, 0.1) is 11.3 Å². The molecular weight excluding hydrogens is 476 g/mol. The monoisotopic (exact) mass is 506 g/mol. The Hall–Kier alpha value is -3.88. The van der Waals surface area contributed by atoms with E-state index in [-0.39, 0.29) is 0 Å². The summed E-state index contributed by atoms with van der Waals surface area (Å²) in [4.78, 5) is 4.79. The summed E-state index contributed by atoms with van der Waals surface area (Å²) in [6.45, 7) is 0.400. The second-order valence-corrected chi connectivity index (χ2v) is 10.2. The molecule has 0 atom stereocenters.